The van der Waals surface area contributed by atoms with Crippen LogP contribution in [-0.4, -0.2) is 39.8 Å². The highest BCUT2D eigenvalue weighted by Gasteiger charge is 2.21. The third kappa shape index (κ3) is 5.13. The monoisotopic (exact) mass is 410 g/mol. The number of nitrogens with one attached hydrogen (secondary N) is 1. The molecule has 160 valence electrons. The third-order valence-electron chi connectivity index (χ3n) is 4.91. The number of anilines is 1. The molecule has 0 saturated carbocycles. The van der Waals surface area contributed by atoms with E-state index in [1.54, 1.807) is 6.92 Å². The van der Waals surface area contributed by atoms with Crippen molar-refractivity contribution in [1.29, 1.82) is 0 Å². The highest BCUT2D eigenvalue weighted by atomic mass is 16.5. The Hall–Kier alpha value is -2.99. The summed E-state index contributed by atoms with van der Waals surface area (Å²) < 4.78 is 16.8. The number of fused-ring (bicyclic) bond motifs is 1. The Kier molecular flexibility index (Phi) is 7.36. The van der Waals surface area contributed by atoms with Gasteiger partial charge >= 0.3 is 5.97 Å². The van der Waals surface area contributed by atoms with E-state index in [0.29, 0.717) is 18.8 Å². The van der Waals surface area contributed by atoms with E-state index in [4.69, 9.17) is 13.9 Å². The molecule has 0 saturated heterocycles. The first-order valence-corrected chi connectivity index (χ1v) is 10.3. The number of hydrogen-bond donors (Lipinski definition) is 1. The maximum atomic E-state index is 12.1. The molecule has 1 N–H and O–H groups in total. The lowest BCUT2D eigenvalue weighted by Crippen LogP contribution is -2.17. The van der Waals surface area contributed by atoms with Crippen LogP contribution in [0.3, 0.4) is 0 Å². The summed E-state index contributed by atoms with van der Waals surface area (Å²) in [5, 5.41) is 4.27. The van der Waals surface area contributed by atoms with E-state index in [1.165, 1.54) is 11.3 Å². The van der Waals surface area contributed by atoms with Gasteiger partial charge in [0.05, 0.1) is 18.6 Å². The number of esters is 1. The minimum Gasteiger partial charge on any atom is -0.493 e. The topological polar surface area (TPSA) is 63.9 Å². The molecule has 1 aromatic heterocycles. The van der Waals surface area contributed by atoms with Gasteiger partial charge < -0.3 is 24.1 Å². The van der Waals surface area contributed by atoms with Gasteiger partial charge in [-0.25, -0.2) is 4.79 Å². The van der Waals surface area contributed by atoms with Crippen molar-refractivity contribution in [3.8, 4) is 5.75 Å². The minimum absolute atomic E-state index is 0.241. The Bertz CT molecular complexity index is 977. The van der Waals surface area contributed by atoms with Crippen molar-refractivity contribution in [1.82, 2.24) is 5.32 Å². The SMILES string of the molecule is CCOC(=O)c1oc2cccc(OCCCNCc3ccc(N(C)C)cc3)c2c1C. The second-order valence-electron chi connectivity index (χ2n) is 7.35. The summed E-state index contributed by atoms with van der Waals surface area (Å²) in [6.45, 7) is 6.19. The van der Waals surface area contributed by atoms with Crippen molar-refractivity contribution in [2.24, 2.45) is 0 Å². The van der Waals surface area contributed by atoms with Crippen LogP contribution in [0.25, 0.3) is 11.0 Å². The molecule has 30 heavy (non-hydrogen) atoms. The fraction of sp³-hybridized carbons (Fsp3) is 0.375. The van der Waals surface area contributed by atoms with Crippen molar-refractivity contribution in [3.63, 3.8) is 0 Å². The predicted molar refractivity (Wildman–Crippen MR) is 119 cm³/mol. The fourth-order valence-electron chi connectivity index (χ4n) is 3.30. The Labute approximate surface area is 177 Å². The van der Waals surface area contributed by atoms with Gasteiger partial charge in [0.25, 0.3) is 0 Å². The zero-order valence-corrected chi connectivity index (χ0v) is 18.2. The highest BCUT2D eigenvalue weighted by Crippen LogP contribution is 2.33. The normalized spacial score (nSPS) is 10.9. The van der Waals surface area contributed by atoms with Gasteiger partial charge in [-0.3, -0.25) is 0 Å². The van der Waals surface area contributed by atoms with E-state index < -0.39 is 5.97 Å². The summed E-state index contributed by atoms with van der Waals surface area (Å²) in [5.74, 6) is 0.522. The first kappa shape index (κ1) is 21.7. The Morgan fingerprint density at radius 2 is 1.90 bits per heavy atom. The molecule has 6 heteroatoms. The quantitative estimate of drug-likeness (QED) is 0.391. The van der Waals surface area contributed by atoms with Crippen molar-refractivity contribution in [3.05, 3.63) is 59.4 Å². The number of hydrogen-bond acceptors (Lipinski definition) is 6. The molecule has 0 aliphatic rings. The molecule has 0 aliphatic carbocycles. The number of aryl methyl sites for hydroxylation is 1. The summed E-state index contributed by atoms with van der Waals surface area (Å²) in [6, 6.07) is 14.1. The summed E-state index contributed by atoms with van der Waals surface area (Å²) in [6.07, 6.45) is 0.869. The highest BCUT2D eigenvalue weighted by molar-refractivity contribution is 5.98. The molecule has 3 aromatic rings. The van der Waals surface area contributed by atoms with Crippen LogP contribution in [0.5, 0.6) is 5.75 Å². The number of carbonyl (C=O) groups excluding carboxylic acids is 1. The van der Waals surface area contributed by atoms with Gasteiger partial charge in [0.15, 0.2) is 0 Å². The largest absolute Gasteiger partial charge is 0.493 e. The number of nitrogens with zero attached hydrogens (tertiary/aromatic N) is 1. The van der Waals surface area contributed by atoms with Gasteiger partial charge in [-0.2, -0.15) is 0 Å². The molecular formula is C24H30N2O4. The molecule has 3 rings (SSSR count). The zero-order valence-electron chi connectivity index (χ0n) is 18.2. The van der Waals surface area contributed by atoms with E-state index in [-0.39, 0.29) is 5.76 Å². The van der Waals surface area contributed by atoms with Crippen molar-refractivity contribution >= 4 is 22.6 Å². The van der Waals surface area contributed by atoms with Crippen LogP contribution in [-0.2, 0) is 11.3 Å². The number of furan rings is 1. The zero-order chi connectivity index (χ0) is 21.5. The molecule has 1 heterocycles. The van der Waals surface area contributed by atoms with E-state index in [0.717, 1.165) is 36.2 Å². The number of benzene rings is 2. The third-order valence-corrected chi connectivity index (χ3v) is 4.91. The molecule has 0 fully saturated rings. The Morgan fingerprint density at radius 1 is 1.13 bits per heavy atom. The first-order chi connectivity index (χ1) is 14.5. The van der Waals surface area contributed by atoms with Gasteiger partial charge in [-0.15, -0.1) is 0 Å². The maximum Gasteiger partial charge on any atom is 0.374 e. The van der Waals surface area contributed by atoms with Crippen LogP contribution in [0.15, 0.2) is 46.9 Å². The second kappa shape index (κ2) is 10.2. The number of ether oxygens (including phenoxy) is 2. The van der Waals surface area contributed by atoms with Crippen LogP contribution < -0.4 is 15.0 Å². The minimum atomic E-state index is -0.444. The summed E-state index contributed by atoms with van der Waals surface area (Å²) >= 11 is 0. The molecular weight excluding hydrogens is 380 g/mol. The van der Waals surface area contributed by atoms with E-state index >= 15 is 0 Å². The van der Waals surface area contributed by atoms with Gasteiger partial charge in [-0.05, 0) is 56.6 Å². The number of rotatable bonds is 10. The molecule has 0 unspecified atom stereocenters. The maximum absolute atomic E-state index is 12.1. The lowest BCUT2D eigenvalue weighted by molar-refractivity contribution is 0.0491. The number of carbonyl (C=O) groups is 1. The van der Waals surface area contributed by atoms with E-state index in [9.17, 15) is 4.79 Å². The van der Waals surface area contributed by atoms with Crippen LogP contribution in [0.4, 0.5) is 5.69 Å². The molecule has 0 aliphatic heterocycles. The average Bonchev–Trinajstić information content (AvgIpc) is 3.08. The summed E-state index contributed by atoms with van der Waals surface area (Å²) in [4.78, 5) is 14.2. The lowest BCUT2D eigenvalue weighted by Gasteiger charge is -2.13. The van der Waals surface area contributed by atoms with E-state index in [1.807, 2.05) is 39.2 Å². The lowest BCUT2D eigenvalue weighted by atomic mass is 10.1. The molecule has 0 amide bonds. The van der Waals surface area contributed by atoms with Crippen molar-refractivity contribution < 1.29 is 18.7 Å². The summed E-state index contributed by atoms with van der Waals surface area (Å²) in [7, 11) is 4.08. The van der Waals surface area contributed by atoms with Gasteiger partial charge in [0.2, 0.25) is 5.76 Å². The van der Waals surface area contributed by atoms with E-state index in [2.05, 4.69) is 34.5 Å². The molecule has 0 atom stereocenters. The predicted octanol–water partition coefficient (Wildman–Crippen LogP) is 4.54. The van der Waals surface area contributed by atoms with Crippen molar-refractivity contribution in [2.75, 3.05) is 38.8 Å². The van der Waals surface area contributed by atoms with Crippen molar-refractivity contribution in [2.45, 2.75) is 26.8 Å². The Morgan fingerprint density at radius 3 is 2.60 bits per heavy atom. The van der Waals surface area contributed by atoms with Crippen LogP contribution >= 0.6 is 0 Å². The molecule has 2 aromatic carbocycles. The average molecular weight is 411 g/mol. The smallest absolute Gasteiger partial charge is 0.374 e. The standard InChI is InChI=1S/C24H30N2O4/c1-5-28-24(27)23-17(2)22-20(8-6-9-21(22)30-23)29-15-7-14-25-16-18-10-12-19(13-11-18)26(3)4/h6,8-13,25H,5,7,14-16H2,1-4H3. The molecule has 0 spiro atoms. The fourth-order valence-corrected chi connectivity index (χ4v) is 3.30. The van der Waals surface area contributed by atoms with Crippen LogP contribution in [0.1, 0.15) is 35.0 Å². The molecule has 0 radical (unpaired) electrons. The van der Waals surface area contributed by atoms with Gasteiger partial charge in [0.1, 0.15) is 11.3 Å². The molecule has 6 nitrogen and oxygen atoms in total. The van der Waals surface area contributed by atoms with Crippen LogP contribution in [0, 0.1) is 6.92 Å². The van der Waals surface area contributed by atoms with Gasteiger partial charge in [0, 0.05) is 31.9 Å². The first-order valence-electron chi connectivity index (χ1n) is 10.3. The molecule has 0 bridgehead atoms. The van der Waals surface area contributed by atoms with Gasteiger partial charge in [-0.1, -0.05) is 18.2 Å². The van der Waals surface area contributed by atoms with Crippen LogP contribution in [0.2, 0.25) is 0 Å². The summed E-state index contributed by atoms with van der Waals surface area (Å²) in [5.41, 5.74) is 3.83. The second-order valence-corrected chi connectivity index (χ2v) is 7.35. The Balaban J connectivity index is 1.50.